The lowest BCUT2D eigenvalue weighted by Crippen LogP contribution is -2.52. The maximum atomic E-state index is 12.1. The molecule has 0 bridgehead atoms. The van der Waals surface area contributed by atoms with Gasteiger partial charge in [-0.05, 0) is 19.1 Å². The molecule has 1 aromatic rings. The predicted octanol–water partition coefficient (Wildman–Crippen LogP) is 1.84. The number of hydrogen-bond donors (Lipinski definition) is 1. The summed E-state index contributed by atoms with van der Waals surface area (Å²) in [5.41, 5.74) is 1.08. The van der Waals surface area contributed by atoms with E-state index < -0.39 is 0 Å². The number of terminal acetylenes is 1. The number of carbonyl (C=O) groups is 1. The number of urea groups is 1. The third kappa shape index (κ3) is 5.45. The van der Waals surface area contributed by atoms with Gasteiger partial charge in [-0.25, -0.2) is 4.79 Å². The van der Waals surface area contributed by atoms with Gasteiger partial charge >= 0.3 is 6.03 Å². The smallest absolute Gasteiger partial charge is 0.317 e. The topological polar surface area (TPSA) is 48.5 Å². The Morgan fingerprint density at radius 1 is 1.43 bits per heavy atom. The van der Waals surface area contributed by atoms with Gasteiger partial charge in [0.25, 0.3) is 0 Å². The van der Waals surface area contributed by atoms with E-state index in [1.165, 1.54) is 0 Å². The molecule has 1 aliphatic rings. The lowest BCUT2D eigenvalue weighted by molar-refractivity contribution is 0.113. The van der Waals surface area contributed by atoms with Crippen LogP contribution in [0.1, 0.15) is 18.7 Å². The SMILES string of the molecule is C#CCSCCNC(=O)N1CCN([C@H](C)c2ccccn2)CC1. The van der Waals surface area contributed by atoms with Crippen LogP contribution in [0.4, 0.5) is 4.79 Å². The number of carbonyl (C=O) groups excluding carboxylic acids is 1. The third-order valence-corrected chi connectivity index (χ3v) is 4.84. The van der Waals surface area contributed by atoms with E-state index >= 15 is 0 Å². The average Bonchev–Trinajstić information content (AvgIpc) is 2.61. The lowest BCUT2D eigenvalue weighted by Gasteiger charge is -2.37. The monoisotopic (exact) mass is 332 g/mol. The number of pyridine rings is 1. The first-order chi connectivity index (χ1) is 11.2. The zero-order valence-electron chi connectivity index (χ0n) is 13.6. The van der Waals surface area contributed by atoms with Crippen molar-refractivity contribution in [1.82, 2.24) is 20.1 Å². The predicted molar refractivity (Wildman–Crippen MR) is 95.4 cm³/mol. The molecule has 6 heteroatoms. The first kappa shape index (κ1) is 17.6. The van der Waals surface area contributed by atoms with Gasteiger partial charge in [-0.3, -0.25) is 9.88 Å². The van der Waals surface area contributed by atoms with Crippen molar-refractivity contribution in [3.05, 3.63) is 30.1 Å². The molecule has 23 heavy (non-hydrogen) atoms. The molecule has 5 nitrogen and oxygen atoms in total. The second kappa shape index (κ2) is 9.43. The van der Waals surface area contributed by atoms with Crippen molar-refractivity contribution in [1.29, 1.82) is 0 Å². The van der Waals surface area contributed by atoms with Crippen LogP contribution < -0.4 is 5.32 Å². The van der Waals surface area contributed by atoms with Crippen molar-refractivity contribution >= 4 is 17.8 Å². The van der Waals surface area contributed by atoms with Crippen LogP contribution in [0, 0.1) is 12.3 Å². The van der Waals surface area contributed by atoms with E-state index in [1.807, 2.05) is 23.2 Å². The van der Waals surface area contributed by atoms with Crippen LogP contribution in [0.5, 0.6) is 0 Å². The second-order valence-corrected chi connectivity index (χ2v) is 6.55. The summed E-state index contributed by atoms with van der Waals surface area (Å²) < 4.78 is 0. The fourth-order valence-electron chi connectivity index (χ4n) is 2.60. The molecule has 1 N–H and O–H groups in total. The van der Waals surface area contributed by atoms with Gasteiger partial charge in [0.15, 0.2) is 0 Å². The van der Waals surface area contributed by atoms with E-state index in [-0.39, 0.29) is 12.1 Å². The zero-order chi connectivity index (χ0) is 16.5. The first-order valence-corrected chi connectivity index (χ1v) is 9.07. The summed E-state index contributed by atoms with van der Waals surface area (Å²) >= 11 is 1.66. The van der Waals surface area contributed by atoms with Gasteiger partial charge in [0, 0.05) is 50.7 Å². The van der Waals surface area contributed by atoms with Crippen LogP contribution in [-0.2, 0) is 0 Å². The van der Waals surface area contributed by atoms with Crippen LogP contribution in [0.2, 0.25) is 0 Å². The van der Waals surface area contributed by atoms with Crippen LogP contribution in [0.3, 0.4) is 0 Å². The number of rotatable bonds is 6. The van der Waals surface area contributed by atoms with Gasteiger partial charge in [-0.1, -0.05) is 12.0 Å². The van der Waals surface area contributed by atoms with Gasteiger partial charge < -0.3 is 10.2 Å². The summed E-state index contributed by atoms with van der Waals surface area (Å²) in [7, 11) is 0. The van der Waals surface area contributed by atoms with Gasteiger partial charge in [0.1, 0.15) is 0 Å². The molecular formula is C17H24N4OS. The fraction of sp³-hybridized carbons (Fsp3) is 0.529. The first-order valence-electron chi connectivity index (χ1n) is 7.91. The Bertz CT molecular complexity index is 523. The summed E-state index contributed by atoms with van der Waals surface area (Å²) in [6, 6.07) is 6.30. The lowest BCUT2D eigenvalue weighted by atomic mass is 10.1. The number of nitrogens with one attached hydrogen (secondary N) is 1. The number of amides is 2. The Labute approximate surface area is 142 Å². The molecule has 0 radical (unpaired) electrons. The fourth-order valence-corrected chi connectivity index (χ4v) is 3.10. The molecule has 1 fully saturated rings. The summed E-state index contributed by atoms with van der Waals surface area (Å²) in [6.07, 6.45) is 7.02. The molecule has 1 aliphatic heterocycles. The van der Waals surface area contributed by atoms with E-state index in [0.717, 1.165) is 37.6 Å². The van der Waals surface area contributed by atoms with Gasteiger partial charge in [-0.2, -0.15) is 0 Å². The van der Waals surface area contributed by atoms with Crippen LogP contribution >= 0.6 is 11.8 Å². The third-order valence-electron chi connectivity index (χ3n) is 3.97. The normalized spacial score (nSPS) is 16.6. The summed E-state index contributed by atoms with van der Waals surface area (Å²) in [5, 5.41) is 2.95. The Hall–Kier alpha value is -1.71. The molecule has 124 valence electrons. The molecule has 2 amide bonds. The molecule has 0 unspecified atom stereocenters. The van der Waals surface area contributed by atoms with Crippen molar-refractivity contribution in [2.75, 3.05) is 44.2 Å². The molecule has 1 saturated heterocycles. The highest BCUT2D eigenvalue weighted by Gasteiger charge is 2.24. The molecule has 0 saturated carbocycles. The molecular weight excluding hydrogens is 308 g/mol. The second-order valence-electron chi connectivity index (χ2n) is 5.44. The summed E-state index contributed by atoms with van der Waals surface area (Å²) in [6.45, 7) is 6.07. The Morgan fingerprint density at radius 3 is 2.87 bits per heavy atom. The quantitative estimate of drug-likeness (QED) is 0.638. The maximum absolute atomic E-state index is 12.1. The maximum Gasteiger partial charge on any atom is 0.317 e. The van der Waals surface area contributed by atoms with E-state index in [0.29, 0.717) is 12.3 Å². The molecule has 0 aromatic carbocycles. The van der Waals surface area contributed by atoms with Crippen molar-refractivity contribution in [3.8, 4) is 12.3 Å². The van der Waals surface area contributed by atoms with Gasteiger partial charge in [0.2, 0.25) is 0 Å². The average molecular weight is 332 g/mol. The van der Waals surface area contributed by atoms with Crippen molar-refractivity contribution in [3.63, 3.8) is 0 Å². The molecule has 1 atom stereocenters. The van der Waals surface area contributed by atoms with Crippen molar-refractivity contribution < 1.29 is 4.79 Å². The van der Waals surface area contributed by atoms with Crippen molar-refractivity contribution in [2.24, 2.45) is 0 Å². The minimum absolute atomic E-state index is 0.0245. The van der Waals surface area contributed by atoms with E-state index in [1.54, 1.807) is 11.8 Å². The highest BCUT2D eigenvalue weighted by Crippen LogP contribution is 2.19. The Balaban J connectivity index is 1.71. The summed E-state index contributed by atoms with van der Waals surface area (Å²) in [4.78, 5) is 20.8. The highest BCUT2D eigenvalue weighted by atomic mass is 32.2. The largest absolute Gasteiger partial charge is 0.337 e. The minimum atomic E-state index is 0.0245. The minimum Gasteiger partial charge on any atom is -0.337 e. The van der Waals surface area contributed by atoms with Crippen LogP contribution in [-0.4, -0.2) is 65.0 Å². The molecule has 0 spiro atoms. The van der Waals surface area contributed by atoms with Crippen LogP contribution in [0.15, 0.2) is 24.4 Å². The number of thioether (sulfide) groups is 1. The molecule has 2 rings (SSSR count). The molecule has 1 aromatic heterocycles. The van der Waals surface area contributed by atoms with E-state index in [2.05, 4.69) is 34.1 Å². The standard InChI is InChI=1S/C17H24N4OS/c1-3-13-23-14-8-19-17(22)21-11-9-20(10-12-21)15(2)16-6-4-5-7-18-16/h1,4-7,15H,8-14H2,2H3,(H,19,22)/t15-/m1/s1. The van der Waals surface area contributed by atoms with Gasteiger partial charge in [0.05, 0.1) is 11.4 Å². The van der Waals surface area contributed by atoms with E-state index in [9.17, 15) is 4.79 Å². The number of aromatic nitrogens is 1. The number of piperazine rings is 1. The number of hydrogen-bond acceptors (Lipinski definition) is 4. The van der Waals surface area contributed by atoms with E-state index in [4.69, 9.17) is 6.42 Å². The number of nitrogens with zero attached hydrogens (tertiary/aromatic N) is 3. The van der Waals surface area contributed by atoms with Crippen LogP contribution in [0.25, 0.3) is 0 Å². The molecule has 0 aliphatic carbocycles. The van der Waals surface area contributed by atoms with Gasteiger partial charge in [-0.15, -0.1) is 18.2 Å². The molecule has 2 heterocycles. The highest BCUT2D eigenvalue weighted by molar-refractivity contribution is 7.99. The van der Waals surface area contributed by atoms with Crippen molar-refractivity contribution in [2.45, 2.75) is 13.0 Å². The Morgan fingerprint density at radius 2 is 2.22 bits per heavy atom. The summed E-state index contributed by atoms with van der Waals surface area (Å²) in [5.74, 6) is 4.13. The Kier molecular flexibility index (Phi) is 7.24. The zero-order valence-corrected chi connectivity index (χ0v) is 14.4.